The van der Waals surface area contributed by atoms with Crippen molar-refractivity contribution in [3.8, 4) is 0 Å². The molecule has 3 rings (SSSR count). The fourth-order valence-corrected chi connectivity index (χ4v) is 3.17. The number of halogens is 1. The summed E-state index contributed by atoms with van der Waals surface area (Å²) in [4.78, 5) is 21.7. The second kappa shape index (κ2) is 7.83. The number of fused-ring (bicyclic) bond motifs is 1. The Bertz CT molecular complexity index is 915. The minimum atomic E-state index is -0.154. The molecular formula is C19H23ClN4O. The number of nitrogens with zero attached hydrogens (tertiary/aromatic N) is 4. The molecule has 0 amide bonds. The largest absolute Gasteiger partial charge is 0.318 e. The molecule has 0 aliphatic carbocycles. The van der Waals surface area contributed by atoms with E-state index in [9.17, 15) is 4.79 Å². The van der Waals surface area contributed by atoms with Gasteiger partial charge in [-0.2, -0.15) is 4.98 Å². The van der Waals surface area contributed by atoms with Crippen molar-refractivity contribution in [1.82, 2.24) is 19.1 Å². The topological polar surface area (TPSA) is 52.7 Å². The SMILES string of the molecule is CCCCCCc1nc2nc(Cl)n(C)c(=O)c2n1Cc1ccccc1. The van der Waals surface area contributed by atoms with Crippen LogP contribution < -0.4 is 5.56 Å². The molecule has 2 heterocycles. The van der Waals surface area contributed by atoms with Crippen LogP contribution in [-0.4, -0.2) is 19.1 Å². The van der Waals surface area contributed by atoms with Gasteiger partial charge in [0.2, 0.25) is 5.28 Å². The van der Waals surface area contributed by atoms with Crippen LogP contribution in [0.4, 0.5) is 0 Å². The molecule has 132 valence electrons. The number of aryl methyl sites for hydroxylation is 1. The third-order valence-corrected chi connectivity index (χ3v) is 4.79. The third kappa shape index (κ3) is 3.76. The molecule has 0 unspecified atom stereocenters. The monoisotopic (exact) mass is 358 g/mol. The molecule has 0 saturated carbocycles. The van der Waals surface area contributed by atoms with Crippen LogP contribution in [0.5, 0.6) is 0 Å². The number of benzene rings is 1. The van der Waals surface area contributed by atoms with E-state index in [-0.39, 0.29) is 10.8 Å². The summed E-state index contributed by atoms with van der Waals surface area (Å²) in [6, 6.07) is 10.1. The van der Waals surface area contributed by atoms with Gasteiger partial charge in [0.05, 0.1) is 0 Å². The predicted molar refractivity (Wildman–Crippen MR) is 101 cm³/mol. The van der Waals surface area contributed by atoms with Gasteiger partial charge in [0.15, 0.2) is 11.2 Å². The Hall–Kier alpha value is -2.14. The van der Waals surface area contributed by atoms with Gasteiger partial charge in [-0.3, -0.25) is 9.36 Å². The first-order valence-corrected chi connectivity index (χ1v) is 9.15. The molecule has 0 fully saturated rings. The Labute approximate surface area is 152 Å². The van der Waals surface area contributed by atoms with Crippen molar-refractivity contribution < 1.29 is 0 Å². The van der Waals surface area contributed by atoms with E-state index in [1.165, 1.54) is 17.4 Å². The molecule has 0 radical (unpaired) electrons. The molecule has 0 spiro atoms. The highest BCUT2D eigenvalue weighted by Crippen LogP contribution is 2.18. The van der Waals surface area contributed by atoms with Crippen LogP contribution in [0.25, 0.3) is 11.2 Å². The zero-order valence-corrected chi connectivity index (χ0v) is 15.5. The number of hydrogen-bond acceptors (Lipinski definition) is 3. The Kier molecular flexibility index (Phi) is 5.53. The van der Waals surface area contributed by atoms with Crippen molar-refractivity contribution in [3.63, 3.8) is 0 Å². The molecule has 3 aromatic rings. The molecule has 0 aliphatic heterocycles. The highest BCUT2D eigenvalue weighted by Gasteiger charge is 2.17. The smallest absolute Gasteiger partial charge is 0.280 e. The first kappa shape index (κ1) is 17.7. The molecule has 0 N–H and O–H groups in total. The summed E-state index contributed by atoms with van der Waals surface area (Å²) in [5, 5.41) is 0.166. The lowest BCUT2D eigenvalue weighted by Gasteiger charge is -2.09. The van der Waals surface area contributed by atoms with Gasteiger partial charge in [0.25, 0.3) is 5.56 Å². The third-order valence-electron chi connectivity index (χ3n) is 4.45. The van der Waals surface area contributed by atoms with Crippen molar-refractivity contribution in [3.05, 3.63) is 57.4 Å². The summed E-state index contributed by atoms with van der Waals surface area (Å²) >= 11 is 6.06. The number of aromatic nitrogens is 4. The fraction of sp³-hybridized carbons (Fsp3) is 0.421. The van der Waals surface area contributed by atoms with Crippen molar-refractivity contribution >= 4 is 22.8 Å². The van der Waals surface area contributed by atoms with Gasteiger partial charge in [0, 0.05) is 20.0 Å². The summed E-state index contributed by atoms with van der Waals surface area (Å²) in [6.45, 7) is 2.80. The first-order chi connectivity index (χ1) is 12.1. The lowest BCUT2D eigenvalue weighted by atomic mass is 10.1. The fourth-order valence-electron chi connectivity index (χ4n) is 3.02. The second-order valence-corrected chi connectivity index (χ2v) is 6.67. The van der Waals surface area contributed by atoms with Crippen LogP contribution in [0.2, 0.25) is 5.28 Å². The van der Waals surface area contributed by atoms with Crippen LogP contribution >= 0.6 is 11.6 Å². The van der Waals surface area contributed by atoms with Crippen LogP contribution in [0, 0.1) is 0 Å². The highest BCUT2D eigenvalue weighted by molar-refractivity contribution is 6.28. The first-order valence-electron chi connectivity index (χ1n) is 8.77. The Morgan fingerprint density at radius 3 is 2.56 bits per heavy atom. The average Bonchev–Trinajstić information content (AvgIpc) is 2.95. The van der Waals surface area contributed by atoms with E-state index < -0.39 is 0 Å². The van der Waals surface area contributed by atoms with Crippen molar-refractivity contribution in [2.24, 2.45) is 7.05 Å². The van der Waals surface area contributed by atoms with Gasteiger partial charge in [0.1, 0.15) is 5.82 Å². The molecule has 0 bridgehead atoms. The van der Waals surface area contributed by atoms with E-state index in [1.54, 1.807) is 7.05 Å². The molecule has 0 aliphatic rings. The van der Waals surface area contributed by atoms with E-state index in [2.05, 4.69) is 29.0 Å². The van der Waals surface area contributed by atoms with E-state index in [4.69, 9.17) is 11.6 Å². The van der Waals surface area contributed by atoms with Crippen molar-refractivity contribution in [2.45, 2.75) is 45.6 Å². The molecule has 0 saturated heterocycles. The van der Waals surface area contributed by atoms with E-state index in [0.29, 0.717) is 17.7 Å². The minimum absolute atomic E-state index is 0.154. The molecule has 25 heavy (non-hydrogen) atoms. The quantitative estimate of drug-likeness (QED) is 0.474. The van der Waals surface area contributed by atoms with Crippen molar-refractivity contribution in [1.29, 1.82) is 0 Å². The Balaban J connectivity index is 2.05. The lowest BCUT2D eigenvalue weighted by molar-refractivity contribution is 0.631. The lowest BCUT2D eigenvalue weighted by Crippen LogP contribution is -2.21. The predicted octanol–water partition coefficient (Wildman–Crippen LogP) is 3.95. The summed E-state index contributed by atoms with van der Waals surface area (Å²) in [6.07, 6.45) is 5.46. The number of unbranched alkanes of at least 4 members (excludes halogenated alkanes) is 3. The van der Waals surface area contributed by atoms with Crippen LogP contribution in [-0.2, 0) is 20.0 Å². The van der Waals surface area contributed by atoms with Crippen molar-refractivity contribution in [2.75, 3.05) is 0 Å². The summed E-state index contributed by atoms with van der Waals surface area (Å²) in [7, 11) is 1.64. The maximum atomic E-state index is 12.7. The highest BCUT2D eigenvalue weighted by atomic mass is 35.5. The average molecular weight is 359 g/mol. The number of hydrogen-bond donors (Lipinski definition) is 0. The summed E-state index contributed by atoms with van der Waals surface area (Å²) in [5.41, 5.74) is 1.95. The van der Waals surface area contributed by atoms with Gasteiger partial charge in [-0.15, -0.1) is 0 Å². The van der Waals surface area contributed by atoms with Crippen LogP contribution in [0.1, 0.15) is 44.0 Å². The van der Waals surface area contributed by atoms with Gasteiger partial charge >= 0.3 is 0 Å². The number of imidazole rings is 1. The zero-order valence-electron chi connectivity index (χ0n) is 14.7. The van der Waals surface area contributed by atoms with Crippen LogP contribution in [0.3, 0.4) is 0 Å². The maximum Gasteiger partial charge on any atom is 0.280 e. The summed E-state index contributed by atoms with van der Waals surface area (Å²) in [5.74, 6) is 0.904. The van der Waals surface area contributed by atoms with Crippen LogP contribution in [0.15, 0.2) is 35.1 Å². The molecular weight excluding hydrogens is 336 g/mol. The van der Waals surface area contributed by atoms with Gasteiger partial charge in [-0.05, 0) is 23.6 Å². The van der Waals surface area contributed by atoms with E-state index in [0.717, 1.165) is 30.7 Å². The van der Waals surface area contributed by atoms with Gasteiger partial charge in [-0.25, -0.2) is 4.98 Å². The molecule has 1 aromatic carbocycles. The molecule has 5 nitrogen and oxygen atoms in total. The summed E-state index contributed by atoms with van der Waals surface area (Å²) < 4.78 is 3.37. The Morgan fingerprint density at radius 1 is 1.08 bits per heavy atom. The molecule has 0 atom stereocenters. The van der Waals surface area contributed by atoms with Gasteiger partial charge in [-0.1, -0.05) is 56.5 Å². The standard InChI is InChI=1S/C19H23ClN4O/c1-3-4-5-9-12-15-21-17-16(18(25)23(2)19(20)22-17)24(15)13-14-10-7-6-8-11-14/h6-8,10-11H,3-5,9,12-13H2,1-2H3. The van der Waals surface area contributed by atoms with Gasteiger partial charge < -0.3 is 4.57 Å². The maximum absolute atomic E-state index is 12.7. The number of rotatable bonds is 7. The zero-order chi connectivity index (χ0) is 17.8. The second-order valence-electron chi connectivity index (χ2n) is 6.33. The Morgan fingerprint density at radius 2 is 1.84 bits per heavy atom. The normalized spacial score (nSPS) is 11.3. The molecule has 2 aromatic heterocycles. The van der Waals surface area contributed by atoms with E-state index >= 15 is 0 Å². The van der Waals surface area contributed by atoms with E-state index in [1.807, 2.05) is 22.8 Å². The molecule has 6 heteroatoms. The minimum Gasteiger partial charge on any atom is -0.318 e.